The van der Waals surface area contributed by atoms with Gasteiger partial charge in [-0.1, -0.05) is 22.9 Å². The lowest BCUT2D eigenvalue weighted by Crippen LogP contribution is -2.02. The molecule has 80 valence electrons. The van der Waals surface area contributed by atoms with Crippen LogP contribution in [0, 0.1) is 0 Å². The Bertz CT molecular complexity index is 479. The zero-order valence-corrected chi connectivity index (χ0v) is 10.2. The molecule has 2 rings (SSSR count). The molecule has 0 saturated heterocycles. The lowest BCUT2D eigenvalue weighted by molar-refractivity contribution is 0.265. The maximum Gasteiger partial charge on any atom is 0.135 e. The fourth-order valence-electron chi connectivity index (χ4n) is 1.75. The van der Waals surface area contributed by atoms with Crippen molar-refractivity contribution in [3.05, 3.63) is 28.5 Å². The summed E-state index contributed by atoms with van der Waals surface area (Å²) in [5.41, 5.74) is 2.02. The first-order chi connectivity index (χ1) is 7.26. The van der Waals surface area contributed by atoms with E-state index in [0.717, 1.165) is 34.3 Å². The third-order valence-corrected chi connectivity index (χ3v) is 2.87. The largest absolute Gasteiger partial charge is 0.388 e. The molecule has 0 saturated carbocycles. The summed E-state index contributed by atoms with van der Waals surface area (Å²) < 4.78 is 3.09. The van der Waals surface area contributed by atoms with E-state index in [0.29, 0.717) is 0 Å². The summed E-state index contributed by atoms with van der Waals surface area (Å²) >= 11 is 3.42. The van der Waals surface area contributed by atoms with Gasteiger partial charge in [-0.05, 0) is 24.6 Å². The fraction of sp³-hybridized carbons (Fsp3) is 0.364. The zero-order valence-electron chi connectivity index (χ0n) is 8.57. The summed E-state index contributed by atoms with van der Waals surface area (Å²) in [6, 6.07) is 6.00. The van der Waals surface area contributed by atoms with E-state index in [2.05, 4.69) is 32.4 Å². The highest BCUT2D eigenvalue weighted by Gasteiger charge is 2.08. The number of hydrogen-bond acceptors (Lipinski definition) is 2. The van der Waals surface area contributed by atoms with Crippen molar-refractivity contribution < 1.29 is 5.11 Å². The van der Waals surface area contributed by atoms with Crippen LogP contribution < -0.4 is 0 Å². The van der Waals surface area contributed by atoms with E-state index in [9.17, 15) is 5.11 Å². The predicted molar refractivity (Wildman–Crippen MR) is 63.6 cm³/mol. The van der Waals surface area contributed by atoms with Crippen molar-refractivity contribution in [2.24, 2.45) is 0 Å². The highest BCUT2D eigenvalue weighted by Crippen LogP contribution is 2.21. The molecule has 0 aliphatic rings. The van der Waals surface area contributed by atoms with Crippen molar-refractivity contribution in [3.63, 3.8) is 0 Å². The first-order valence-electron chi connectivity index (χ1n) is 5.01. The Kier molecular flexibility index (Phi) is 3.07. The van der Waals surface area contributed by atoms with Gasteiger partial charge in [-0.3, -0.25) is 0 Å². The third kappa shape index (κ3) is 1.92. The van der Waals surface area contributed by atoms with E-state index in [1.807, 2.05) is 18.2 Å². The van der Waals surface area contributed by atoms with E-state index in [-0.39, 0.29) is 6.61 Å². The molecule has 0 amide bonds. The maximum absolute atomic E-state index is 9.22. The van der Waals surface area contributed by atoms with Gasteiger partial charge in [0.2, 0.25) is 0 Å². The lowest BCUT2D eigenvalue weighted by Gasteiger charge is -2.04. The predicted octanol–water partition coefficient (Wildman–Crippen LogP) is 2.70. The molecule has 1 aromatic heterocycles. The van der Waals surface area contributed by atoms with Gasteiger partial charge in [-0.15, -0.1) is 0 Å². The van der Waals surface area contributed by atoms with Gasteiger partial charge >= 0.3 is 0 Å². The Morgan fingerprint density at radius 1 is 1.47 bits per heavy atom. The number of rotatable bonds is 3. The van der Waals surface area contributed by atoms with Crippen molar-refractivity contribution >= 4 is 27.0 Å². The van der Waals surface area contributed by atoms with Crippen LogP contribution in [-0.2, 0) is 13.2 Å². The molecule has 3 nitrogen and oxygen atoms in total. The second kappa shape index (κ2) is 4.33. The van der Waals surface area contributed by atoms with E-state index >= 15 is 0 Å². The molecule has 0 bridgehead atoms. The normalized spacial score (nSPS) is 11.1. The smallest absolute Gasteiger partial charge is 0.135 e. The lowest BCUT2D eigenvalue weighted by atomic mass is 10.3. The van der Waals surface area contributed by atoms with Crippen molar-refractivity contribution in [1.29, 1.82) is 0 Å². The van der Waals surface area contributed by atoms with Gasteiger partial charge in [0, 0.05) is 11.0 Å². The Balaban J connectivity index is 2.63. The summed E-state index contributed by atoms with van der Waals surface area (Å²) in [5.74, 6) is 0.741. The molecule has 1 N–H and O–H groups in total. The first-order valence-corrected chi connectivity index (χ1v) is 5.81. The third-order valence-electron chi connectivity index (χ3n) is 2.38. The van der Waals surface area contributed by atoms with E-state index in [1.165, 1.54) is 0 Å². The average molecular weight is 269 g/mol. The van der Waals surface area contributed by atoms with Crippen LogP contribution in [0.25, 0.3) is 11.0 Å². The van der Waals surface area contributed by atoms with Gasteiger partial charge in [0.25, 0.3) is 0 Å². The molecule has 4 heteroatoms. The molecule has 0 fully saturated rings. The van der Waals surface area contributed by atoms with Crippen molar-refractivity contribution in [3.8, 4) is 0 Å². The van der Waals surface area contributed by atoms with Gasteiger partial charge in [-0.25, -0.2) is 4.98 Å². The molecule has 0 aliphatic carbocycles. The maximum atomic E-state index is 9.22. The number of nitrogens with zero attached hydrogens (tertiary/aromatic N) is 2. The van der Waals surface area contributed by atoms with Crippen LogP contribution in [0.2, 0.25) is 0 Å². The van der Waals surface area contributed by atoms with Crippen LogP contribution in [-0.4, -0.2) is 14.7 Å². The summed E-state index contributed by atoms with van der Waals surface area (Å²) in [4.78, 5) is 4.39. The standard InChI is InChI=1S/C11H13BrN2O/c1-2-5-14-10-4-3-8(12)6-9(10)13-11(14)7-15/h3-4,6,15H,2,5,7H2,1H3. The van der Waals surface area contributed by atoms with Gasteiger partial charge in [-0.2, -0.15) is 0 Å². The summed E-state index contributed by atoms with van der Waals surface area (Å²) in [6.45, 7) is 3.01. The number of imidazole rings is 1. The number of halogens is 1. The van der Waals surface area contributed by atoms with Crippen molar-refractivity contribution in [2.45, 2.75) is 26.5 Å². The minimum Gasteiger partial charge on any atom is -0.388 e. The van der Waals surface area contributed by atoms with Gasteiger partial charge in [0.1, 0.15) is 12.4 Å². The molecule has 0 atom stereocenters. The molecule has 0 aliphatic heterocycles. The van der Waals surface area contributed by atoms with Gasteiger partial charge in [0.05, 0.1) is 11.0 Å². The molecule has 0 spiro atoms. The quantitative estimate of drug-likeness (QED) is 0.930. The monoisotopic (exact) mass is 268 g/mol. The Hall–Kier alpha value is -0.870. The SMILES string of the molecule is CCCn1c(CO)nc2cc(Br)ccc21. The van der Waals surface area contributed by atoms with E-state index < -0.39 is 0 Å². The van der Waals surface area contributed by atoms with Gasteiger partial charge < -0.3 is 9.67 Å². The number of aromatic nitrogens is 2. The number of fused-ring (bicyclic) bond motifs is 1. The molecule has 15 heavy (non-hydrogen) atoms. The zero-order chi connectivity index (χ0) is 10.8. The molecule has 2 aromatic rings. The number of aliphatic hydroxyl groups excluding tert-OH is 1. The van der Waals surface area contributed by atoms with Gasteiger partial charge in [0.15, 0.2) is 0 Å². The minimum absolute atomic E-state index is 0.00764. The molecule has 1 heterocycles. The van der Waals surface area contributed by atoms with Crippen LogP contribution in [0.15, 0.2) is 22.7 Å². The molecular formula is C11H13BrN2O. The molecule has 0 radical (unpaired) electrons. The molecular weight excluding hydrogens is 256 g/mol. The summed E-state index contributed by atoms with van der Waals surface area (Å²) in [7, 11) is 0. The topological polar surface area (TPSA) is 38.0 Å². The Morgan fingerprint density at radius 3 is 2.93 bits per heavy atom. The Morgan fingerprint density at radius 2 is 2.27 bits per heavy atom. The summed E-state index contributed by atoms with van der Waals surface area (Å²) in [5, 5.41) is 9.22. The minimum atomic E-state index is -0.00764. The highest BCUT2D eigenvalue weighted by atomic mass is 79.9. The van der Waals surface area contributed by atoms with Crippen LogP contribution in [0.4, 0.5) is 0 Å². The van der Waals surface area contributed by atoms with E-state index in [1.54, 1.807) is 0 Å². The second-order valence-electron chi connectivity index (χ2n) is 3.47. The molecule has 1 aromatic carbocycles. The number of benzene rings is 1. The number of hydrogen-bond donors (Lipinski definition) is 1. The first kappa shape index (κ1) is 10.6. The number of aliphatic hydroxyl groups is 1. The highest BCUT2D eigenvalue weighted by molar-refractivity contribution is 9.10. The van der Waals surface area contributed by atoms with Crippen molar-refractivity contribution in [2.75, 3.05) is 0 Å². The van der Waals surface area contributed by atoms with Crippen LogP contribution >= 0.6 is 15.9 Å². The number of aryl methyl sites for hydroxylation is 1. The fourth-order valence-corrected chi connectivity index (χ4v) is 2.10. The van der Waals surface area contributed by atoms with E-state index in [4.69, 9.17) is 0 Å². The average Bonchev–Trinajstić information content (AvgIpc) is 2.56. The second-order valence-corrected chi connectivity index (χ2v) is 4.39. The van der Waals surface area contributed by atoms with Crippen LogP contribution in [0.3, 0.4) is 0 Å². The Labute approximate surface area is 96.9 Å². The summed E-state index contributed by atoms with van der Waals surface area (Å²) in [6.07, 6.45) is 1.04. The van der Waals surface area contributed by atoms with Crippen LogP contribution in [0.1, 0.15) is 19.2 Å². The van der Waals surface area contributed by atoms with Crippen LogP contribution in [0.5, 0.6) is 0 Å². The molecule has 0 unspecified atom stereocenters. The van der Waals surface area contributed by atoms with Crippen molar-refractivity contribution in [1.82, 2.24) is 9.55 Å².